The molecule has 0 bridgehead atoms. The van der Waals surface area contributed by atoms with Gasteiger partial charge in [0.25, 0.3) is 5.69 Å². The van der Waals surface area contributed by atoms with Gasteiger partial charge in [-0.15, -0.1) is 0 Å². The summed E-state index contributed by atoms with van der Waals surface area (Å²) in [5.41, 5.74) is 2.67. The Bertz CT molecular complexity index is 909. The largest absolute Gasteiger partial charge is 0.488 e. The van der Waals surface area contributed by atoms with Gasteiger partial charge in [-0.3, -0.25) is 10.1 Å². The molecule has 0 unspecified atom stereocenters. The number of allylic oxidation sites excluding steroid dienone is 1. The van der Waals surface area contributed by atoms with Crippen LogP contribution < -0.4 is 4.74 Å². The molecule has 118 valence electrons. The number of ether oxygens (including phenoxy) is 1. The zero-order valence-electron chi connectivity index (χ0n) is 12.4. The van der Waals surface area contributed by atoms with Gasteiger partial charge in [0.05, 0.1) is 16.6 Å². The summed E-state index contributed by atoms with van der Waals surface area (Å²) in [7, 11) is 0. The van der Waals surface area contributed by atoms with Crippen molar-refractivity contribution in [2.45, 2.75) is 0 Å². The maximum Gasteiger partial charge on any atom is 0.269 e. The Balaban J connectivity index is 1.94. The molecule has 1 aliphatic rings. The number of nitro benzene ring substituents is 1. The van der Waals surface area contributed by atoms with Gasteiger partial charge in [-0.25, -0.2) is 0 Å². The molecule has 1 heterocycles. The summed E-state index contributed by atoms with van der Waals surface area (Å²) in [6.45, 7) is 0.340. The van der Waals surface area contributed by atoms with E-state index in [0.717, 1.165) is 16.9 Å². The van der Waals surface area contributed by atoms with Crippen LogP contribution in [0.3, 0.4) is 0 Å². The molecule has 1 aliphatic heterocycles. The summed E-state index contributed by atoms with van der Waals surface area (Å²) in [4.78, 5) is 10.2. The molecule has 3 rings (SSSR count). The monoisotopic (exact) mass is 338 g/mol. The van der Waals surface area contributed by atoms with Crippen molar-refractivity contribution in [2.75, 3.05) is 6.61 Å². The Hall–Kier alpha value is -3.10. The second-order valence-electron chi connectivity index (χ2n) is 5.16. The summed E-state index contributed by atoms with van der Waals surface area (Å²) in [5, 5.41) is 20.7. The summed E-state index contributed by atoms with van der Waals surface area (Å²) in [6, 6.07) is 13.3. The fourth-order valence-electron chi connectivity index (χ4n) is 2.38. The van der Waals surface area contributed by atoms with Crippen LogP contribution in [0.4, 0.5) is 5.69 Å². The molecule has 0 aliphatic carbocycles. The second kappa shape index (κ2) is 6.57. The minimum absolute atomic E-state index is 0.0141. The maximum absolute atomic E-state index is 10.7. The van der Waals surface area contributed by atoms with E-state index in [-0.39, 0.29) is 5.69 Å². The molecule has 0 fully saturated rings. The summed E-state index contributed by atoms with van der Waals surface area (Å²) in [6.07, 6.45) is 3.62. The van der Waals surface area contributed by atoms with Crippen LogP contribution in [0, 0.1) is 21.4 Å². The summed E-state index contributed by atoms with van der Waals surface area (Å²) >= 11 is 5.99. The van der Waals surface area contributed by atoms with Gasteiger partial charge in [0.1, 0.15) is 12.4 Å². The highest BCUT2D eigenvalue weighted by atomic mass is 35.5. The lowest BCUT2D eigenvalue weighted by molar-refractivity contribution is -0.384. The van der Waals surface area contributed by atoms with Crippen LogP contribution in [0.1, 0.15) is 11.1 Å². The van der Waals surface area contributed by atoms with Crippen molar-refractivity contribution in [3.63, 3.8) is 0 Å². The predicted molar refractivity (Wildman–Crippen MR) is 91.6 cm³/mol. The molecule has 0 saturated heterocycles. The first-order valence-corrected chi connectivity index (χ1v) is 7.44. The lowest BCUT2D eigenvalue weighted by Crippen LogP contribution is -2.06. The fraction of sp³-hybridized carbons (Fsp3) is 0.0556. The normalized spacial score (nSPS) is 13.3. The van der Waals surface area contributed by atoms with Crippen LogP contribution in [0.15, 0.2) is 54.1 Å². The zero-order chi connectivity index (χ0) is 17.1. The highest BCUT2D eigenvalue weighted by molar-refractivity contribution is 6.30. The standard InChI is InChI=1S/C18H11ClN2O3/c19-16-3-6-18-14(9-16)7-12(11-24-18)8-15(10-20)13-1-4-17(5-2-13)21(22)23/h1-9H,11H2/b15-8-. The second-order valence-corrected chi connectivity index (χ2v) is 5.60. The Morgan fingerprint density at radius 3 is 2.71 bits per heavy atom. The van der Waals surface area contributed by atoms with E-state index in [1.165, 1.54) is 12.1 Å². The third-order valence-corrected chi connectivity index (χ3v) is 3.78. The van der Waals surface area contributed by atoms with Crippen molar-refractivity contribution in [2.24, 2.45) is 0 Å². The van der Waals surface area contributed by atoms with E-state index >= 15 is 0 Å². The summed E-state index contributed by atoms with van der Waals surface area (Å²) < 4.78 is 5.65. The predicted octanol–water partition coefficient (Wildman–Crippen LogP) is 4.63. The topological polar surface area (TPSA) is 76.2 Å². The minimum Gasteiger partial charge on any atom is -0.488 e. The number of rotatable bonds is 3. The van der Waals surface area contributed by atoms with Gasteiger partial charge in [0, 0.05) is 22.7 Å². The van der Waals surface area contributed by atoms with Gasteiger partial charge in [0.15, 0.2) is 0 Å². The van der Waals surface area contributed by atoms with Crippen LogP contribution in [0.2, 0.25) is 5.02 Å². The van der Waals surface area contributed by atoms with Gasteiger partial charge < -0.3 is 4.74 Å². The fourth-order valence-corrected chi connectivity index (χ4v) is 2.56. The van der Waals surface area contributed by atoms with Crippen LogP contribution in [-0.4, -0.2) is 11.5 Å². The van der Waals surface area contributed by atoms with Gasteiger partial charge in [-0.1, -0.05) is 11.6 Å². The smallest absolute Gasteiger partial charge is 0.269 e. The molecule has 24 heavy (non-hydrogen) atoms. The number of fused-ring (bicyclic) bond motifs is 1. The Morgan fingerprint density at radius 2 is 2.04 bits per heavy atom. The quantitative estimate of drug-likeness (QED) is 0.464. The number of hydrogen-bond acceptors (Lipinski definition) is 4. The molecule has 0 saturated carbocycles. The molecular weight excluding hydrogens is 328 g/mol. The van der Waals surface area contributed by atoms with Crippen molar-refractivity contribution < 1.29 is 9.66 Å². The first-order chi connectivity index (χ1) is 11.6. The highest BCUT2D eigenvalue weighted by Crippen LogP contribution is 2.30. The first-order valence-electron chi connectivity index (χ1n) is 7.06. The van der Waals surface area contributed by atoms with E-state index in [2.05, 4.69) is 6.07 Å². The third-order valence-electron chi connectivity index (χ3n) is 3.55. The molecule has 0 N–H and O–H groups in total. The number of benzene rings is 2. The van der Waals surface area contributed by atoms with Crippen molar-refractivity contribution in [3.05, 3.63) is 80.4 Å². The minimum atomic E-state index is -0.474. The summed E-state index contributed by atoms with van der Waals surface area (Å²) in [5.74, 6) is 0.741. The lowest BCUT2D eigenvalue weighted by Gasteiger charge is -2.16. The molecular formula is C18H11ClN2O3. The third kappa shape index (κ3) is 3.29. The average Bonchev–Trinajstić information content (AvgIpc) is 2.59. The van der Waals surface area contributed by atoms with Crippen LogP contribution in [0.25, 0.3) is 11.6 Å². The zero-order valence-corrected chi connectivity index (χ0v) is 13.2. The van der Waals surface area contributed by atoms with Gasteiger partial charge in [-0.05, 0) is 53.6 Å². The first kappa shape index (κ1) is 15.8. The van der Waals surface area contributed by atoms with E-state index < -0.39 is 4.92 Å². The number of nitro groups is 1. The van der Waals surface area contributed by atoms with Crippen molar-refractivity contribution in [1.29, 1.82) is 5.26 Å². The molecule has 5 nitrogen and oxygen atoms in total. The number of nitrogens with zero attached hydrogens (tertiary/aromatic N) is 2. The van der Waals surface area contributed by atoms with E-state index in [4.69, 9.17) is 16.3 Å². The lowest BCUT2D eigenvalue weighted by atomic mass is 10.0. The Morgan fingerprint density at radius 1 is 1.29 bits per heavy atom. The molecule has 0 atom stereocenters. The number of halogens is 1. The number of hydrogen-bond donors (Lipinski definition) is 0. The van der Waals surface area contributed by atoms with Crippen molar-refractivity contribution >= 4 is 28.9 Å². The van der Waals surface area contributed by atoms with Gasteiger partial charge in [0.2, 0.25) is 0 Å². The Labute approximate surface area is 143 Å². The molecule has 0 amide bonds. The Kier molecular flexibility index (Phi) is 4.32. The van der Waals surface area contributed by atoms with Crippen LogP contribution >= 0.6 is 11.6 Å². The van der Waals surface area contributed by atoms with Crippen molar-refractivity contribution in [1.82, 2.24) is 0 Å². The molecule has 0 radical (unpaired) electrons. The molecule has 0 aromatic heterocycles. The van der Waals surface area contributed by atoms with E-state index in [9.17, 15) is 15.4 Å². The maximum atomic E-state index is 10.7. The average molecular weight is 339 g/mol. The van der Waals surface area contributed by atoms with Gasteiger partial charge >= 0.3 is 0 Å². The van der Waals surface area contributed by atoms with E-state index in [1.54, 1.807) is 36.4 Å². The molecule has 0 spiro atoms. The van der Waals surface area contributed by atoms with Crippen LogP contribution in [-0.2, 0) is 0 Å². The van der Waals surface area contributed by atoms with Crippen LogP contribution in [0.5, 0.6) is 5.75 Å². The van der Waals surface area contributed by atoms with E-state index in [0.29, 0.717) is 22.8 Å². The molecule has 6 heteroatoms. The van der Waals surface area contributed by atoms with Crippen molar-refractivity contribution in [3.8, 4) is 11.8 Å². The number of non-ortho nitro benzene ring substituents is 1. The van der Waals surface area contributed by atoms with Gasteiger partial charge in [-0.2, -0.15) is 5.26 Å². The molecule has 2 aromatic rings. The number of nitriles is 1. The SMILES string of the molecule is N#C/C(=C/C1=Cc2cc(Cl)ccc2OC1)c1ccc([N+](=O)[O-])cc1. The highest BCUT2D eigenvalue weighted by Gasteiger charge is 2.12. The van der Waals surface area contributed by atoms with E-state index in [1.807, 2.05) is 6.08 Å². The molecule has 2 aromatic carbocycles.